The van der Waals surface area contributed by atoms with E-state index in [4.69, 9.17) is 0 Å². The van der Waals surface area contributed by atoms with Crippen LogP contribution in [0.1, 0.15) is 41.0 Å². The maximum absolute atomic E-state index is 4.25. The van der Waals surface area contributed by atoms with Crippen LogP contribution in [0.4, 0.5) is 0 Å². The minimum Gasteiger partial charge on any atom is -0.355 e. The lowest BCUT2D eigenvalue weighted by molar-refractivity contribution is 0.255. The third-order valence-corrected chi connectivity index (χ3v) is 3.69. The topological polar surface area (TPSA) is 39.7 Å². The Morgan fingerprint density at radius 1 is 1.22 bits per heavy atom. The summed E-state index contributed by atoms with van der Waals surface area (Å²) in [5.41, 5.74) is 0. The van der Waals surface area contributed by atoms with Gasteiger partial charge >= 0.3 is 0 Å². The summed E-state index contributed by atoms with van der Waals surface area (Å²) in [7, 11) is 3.99. The summed E-state index contributed by atoms with van der Waals surface area (Å²) in [5.74, 6) is 1.50. The molecule has 0 rings (SSSR count). The van der Waals surface area contributed by atoms with Gasteiger partial charge in [-0.25, -0.2) is 0 Å². The van der Waals surface area contributed by atoms with Crippen LogP contribution in [0, 0.1) is 5.92 Å². The van der Waals surface area contributed by atoms with Gasteiger partial charge in [-0.3, -0.25) is 4.99 Å². The van der Waals surface area contributed by atoms with Gasteiger partial charge < -0.3 is 15.5 Å². The van der Waals surface area contributed by atoms with Gasteiger partial charge in [0.1, 0.15) is 0 Å². The quantitative estimate of drug-likeness (QED) is 0.540. The van der Waals surface area contributed by atoms with Crippen LogP contribution in [0.25, 0.3) is 0 Å². The van der Waals surface area contributed by atoms with Gasteiger partial charge in [0.25, 0.3) is 0 Å². The second-order valence-electron chi connectivity index (χ2n) is 5.41. The fraction of sp³-hybridized carbons (Fsp3) is 0.929. The van der Waals surface area contributed by atoms with Crippen molar-refractivity contribution in [1.82, 2.24) is 15.5 Å². The van der Waals surface area contributed by atoms with Crippen molar-refractivity contribution in [2.45, 2.75) is 53.1 Å². The number of nitrogens with one attached hydrogen (secondary N) is 2. The summed E-state index contributed by atoms with van der Waals surface area (Å²) in [6.07, 6.45) is 1.19. The first kappa shape index (κ1) is 17.2. The second-order valence-corrected chi connectivity index (χ2v) is 5.41. The first-order valence-electron chi connectivity index (χ1n) is 7.09. The van der Waals surface area contributed by atoms with Gasteiger partial charge in [0.05, 0.1) is 0 Å². The number of rotatable bonds is 7. The lowest BCUT2D eigenvalue weighted by Gasteiger charge is -2.25. The summed E-state index contributed by atoms with van der Waals surface area (Å²) < 4.78 is 0. The number of nitrogens with zero attached hydrogens (tertiary/aromatic N) is 2. The Balaban J connectivity index is 3.96. The fourth-order valence-corrected chi connectivity index (χ4v) is 1.46. The number of hydrogen-bond donors (Lipinski definition) is 2. The Morgan fingerprint density at radius 3 is 2.28 bits per heavy atom. The smallest absolute Gasteiger partial charge is 0.191 e. The average molecular weight is 256 g/mol. The highest BCUT2D eigenvalue weighted by atomic mass is 15.2. The van der Waals surface area contributed by atoms with Crippen LogP contribution < -0.4 is 10.6 Å². The predicted octanol–water partition coefficient (Wildman–Crippen LogP) is 1.93. The summed E-state index contributed by atoms with van der Waals surface area (Å²) in [6.45, 7) is 13.0. The molecule has 4 heteroatoms. The Morgan fingerprint density at radius 2 is 1.83 bits per heavy atom. The van der Waals surface area contributed by atoms with Crippen molar-refractivity contribution in [3.63, 3.8) is 0 Å². The highest BCUT2D eigenvalue weighted by Crippen LogP contribution is 2.00. The van der Waals surface area contributed by atoms with Crippen molar-refractivity contribution < 1.29 is 0 Å². The zero-order valence-electron chi connectivity index (χ0n) is 13.2. The summed E-state index contributed by atoms with van der Waals surface area (Å²) in [6, 6.07) is 1.07. The van der Waals surface area contributed by atoms with Gasteiger partial charge in [0, 0.05) is 32.2 Å². The summed E-state index contributed by atoms with van der Waals surface area (Å²) in [4.78, 5) is 6.62. The van der Waals surface area contributed by atoms with E-state index in [0.717, 1.165) is 19.0 Å². The summed E-state index contributed by atoms with van der Waals surface area (Å²) >= 11 is 0. The van der Waals surface area contributed by atoms with Crippen molar-refractivity contribution in [3.05, 3.63) is 0 Å². The van der Waals surface area contributed by atoms with Gasteiger partial charge in [0.2, 0.25) is 0 Å². The Labute approximate surface area is 113 Å². The normalized spacial score (nSPS) is 15.9. The molecule has 0 saturated carbocycles. The van der Waals surface area contributed by atoms with E-state index in [1.807, 2.05) is 7.05 Å². The lowest BCUT2D eigenvalue weighted by Crippen LogP contribution is -2.46. The monoisotopic (exact) mass is 256 g/mol. The van der Waals surface area contributed by atoms with Crippen LogP contribution in [-0.4, -0.2) is 50.1 Å². The first-order chi connectivity index (χ1) is 8.42. The highest BCUT2D eigenvalue weighted by Gasteiger charge is 2.09. The third kappa shape index (κ3) is 6.84. The Hall–Kier alpha value is -0.770. The third-order valence-electron chi connectivity index (χ3n) is 3.69. The van der Waals surface area contributed by atoms with Crippen molar-refractivity contribution >= 4 is 5.96 Å². The van der Waals surface area contributed by atoms with Gasteiger partial charge in [-0.15, -0.1) is 0 Å². The molecule has 0 aliphatic heterocycles. The number of hydrogen-bond acceptors (Lipinski definition) is 2. The van der Waals surface area contributed by atoms with E-state index in [0.29, 0.717) is 18.0 Å². The van der Waals surface area contributed by atoms with E-state index < -0.39 is 0 Å². The van der Waals surface area contributed by atoms with E-state index in [2.05, 4.69) is 62.2 Å². The molecule has 0 fully saturated rings. The minimum absolute atomic E-state index is 0.434. The van der Waals surface area contributed by atoms with Crippen molar-refractivity contribution in [3.8, 4) is 0 Å². The molecule has 0 spiro atoms. The molecule has 0 aromatic rings. The molecule has 2 atom stereocenters. The van der Waals surface area contributed by atoms with E-state index in [1.54, 1.807) is 0 Å². The van der Waals surface area contributed by atoms with E-state index >= 15 is 0 Å². The molecule has 0 aliphatic carbocycles. The van der Waals surface area contributed by atoms with E-state index in [9.17, 15) is 0 Å². The van der Waals surface area contributed by atoms with Crippen LogP contribution in [0.15, 0.2) is 4.99 Å². The van der Waals surface area contributed by atoms with Crippen molar-refractivity contribution in [1.29, 1.82) is 0 Å². The molecule has 4 nitrogen and oxygen atoms in total. The molecule has 2 N–H and O–H groups in total. The summed E-state index contributed by atoms with van der Waals surface area (Å²) in [5, 5.41) is 6.77. The molecule has 0 amide bonds. The largest absolute Gasteiger partial charge is 0.355 e. The lowest BCUT2D eigenvalue weighted by atomic mass is 10.1. The number of guanidine groups is 1. The zero-order chi connectivity index (χ0) is 14.1. The maximum atomic E-state index is 4.25. The number of aliphatic imine (C=N–C) groups is 1. The molecule has 18 heavy (non-hydrogen) atoms. The minimum atomic E-state index is 0.434. The zero-order valence-corrected chi connectivity index (χ0v) is 13.2. The van der Waals surface area contributed by atoms with Gasteiger partial charge in [-0.2, -0.15) is 0 Å². The fourth-order valence-electron chi connectivity index (χ4n) is 1.46. The molecular weight excluding hydrogens is 224 g/mol. The van der Waals surface area contributed by atoms with Gasteiger partial charge in [0.15, 0.2) is 5.96 Å². The van der Waals surface area contributed by atoms with Gasteiger partial charge in [-0.1, -0.05) is 20.8 Å². The van der Waals surface area contributed by atoms with E-state index in [-0.39, 0.29) is 0 Å². The Kier molecular flexibility index (Phi) is 8.81. The molecule has 0 bridgehead atoms. The average Bonchev–Trinajstić information content (AvgIpc) is 2.35. The van der Waals surface area contributed by atoms with Crippen molar-refractivity contribution in [2.75, 3.05) is 27.2 Å². The molecule has 0 saturated heterocycles. The van der Waals surface area contributed by atoms with E-state index in [1.165, 1.54) is 6.42 Å². The second kappa shape index (κ2) is 9.20. The van der Waals surface area contributed by atoms with Crippen LogP contribution in [0.5, 0.6) is 0 Å². The molecule has 0 aromatic carbocycles. The molecule has 0 aliphatic rings. The molecular formula is C14H32N4. The number of likely N-dealkylation sites (N-methyl/N-ethyl adjacent to an activating group) is 1. The van der Waals surface area contributed by atoms with Crippen LogP contribution in [-0.2, 0) is 0 Å². The SMILES string of the molecule is CCC(C)N(C)CCNC(=NC)NC(C)C(C)C. The maximum Gasteiger partial charge on any atom is 0.191 e. The van der Waals surface area contributed by atoms with Crippen LogP contribution in [0.3, 0.4) is 0 Å². The molecule has 2 unspecified atom stereocenters. The standard InChI is InChI=1S/C14H32N4/c1-8-12(4)18(7)10-9-16-14(15-6)17-13(5)11(2)3/h11-13H,8-10H2,1-7H3,(H2,15,16,17). The Bertz CT molecular complexity index is 238. The molecule has 0 aromatic heterocycles. The van der Waals surface area contributed by atoms with Crippen LogP contribution in [0.2, 0.25) is 0 Å². The molecule has 0 radical (unpaired) electrons. The first-order valence-corrected chi connectivity index (χ1v) is 7.09. The highest BCUT2D eigenvalue weighted by molar-refractivity contribution is 5.79. The van der Waals surface area contributed by atoms with Crippen molar-refractivity contribution in [2.24, 2.45) is 10.9 Å². The van der Waals surface area contributed by atoms with Gasteiger partial charge in [-0.05, 0) is 33.2 Å². The van der Waals surface area contributed by atoms with Crippen LogP contribution >= 0.6 is 0 Å². The molecule has 0 heterocycles. The molecule has 108 valence electrons. The predicted molar refractivity (Wildman–Crippen MR) is 81.2 cm³/mol.